The quantitative estimate of drug-likeness (QED) is 0.115. The Kier molecular flexibility index (Phi) is 16.6. The Hall–Kier alpha value is -14.3. The standard InChI is InChI=1S/C55H39NO.C52H35NO/c1-55(2)51-18-10-8-16-46(51)47-31-30-45(35-52(47)55)56(43-14-4-3-5-15-43)44-28-26-38(27-29-44)37-20-22-39(23-21-37)42-33-49(41-25-24-36-12-6-7-13-40(36)32-41)54-50(34-42)48-17-9-11-19-53(48)57-54;1-3-11-36(12-4-1)39-25-29-46(30-26-39)53(45-15-5-2-6-16-45)47-31-27-40(28-32-47)38-19-21-41(22-20-38)44-34-49(43-24-23-37-13-7-8-14-42(37)33-43)52-50(35-44)48-17-9-10-18-51(48)54-52/h3-35H,1-2H3;1-35H. The summed E-state index contributed by atoms with van der Waals surface area (Å²) < 4.78 is 13.1. The summed E-state index contributed by atoms with van der Waals surface area (Å²) in [5.41, 5.74) is 32.0. The maximum atomic E-state index is 6.54. The van der Waals surface area contributed by atoms with Gasteiger partial charge >= 0.3 is 0 Å². The molecule has 0 unspecified atom stereocenters. The van der Waals surface area contributed by atoms with Gasteiger partial charge in [0.15, 0.2) is 0 Å². The third kappa shape index (κ3) is 12.3. The molecule has 0 bridgehead atoms. The second kappa shape index (κ2) is 27.8. The van der Waals surface area contributed by atoms with Gasteiger partial charge in [-0.05, 0) is 232 Å². The average Bonchev–Trinajstić information content (AvgIpc) is 1.58. The van der Waals surface area contributed by atoms with Gasteiger partial charge in [-0.25, -0.2) is 0 Å². The van der Waals surface area contributed by atoms with E-state index in [0.29, 0.717) is 0 Å². The minimum absolute atomic E-state index is 0.0730. The van der Waals surface area contributed by atoms with Gasteiger partial charge in [-0.1, -0.05) is 305 Å². The van der Waals surface area contributed by atoms with Gasteiger partial charge in [0.05, 0.1) is 0 Å². The zero-order valence-electron chi connectivity index (χ0n) is 61.5. The number of fused-ring (bicyclic) bond motifs is 11. The molecular formula is C107H74N2O2. The summed E-state index contributed by atoms with van der Waals surface area (Å²) in [5.74, 6) is 0. The lowest BCUT2D eigenvalue weighted by atomic mass is 9.82. The monoisotopic (exact) mass is 1420 g/mol. The molecule has 0 saturated carbocycles. The SMILES string of the molecule is CC1(C)c2ccccc2-c2ccc(N(c3ccccc3)c3ccc(-c4ccc(-c5cc(-c6ccc7ccccc7c6)c6oc7ccccc7c6c5)cc4)cc3)cc21.c1ccc(-c2ccc(N(c3ccccc3)c3ccc(-c4ccc(-c5cc(-c6ccc7ccccc7c6)c6oc7ccccc7c6c5)cc4)cc3)cc2)cc1. The molecule has 20 aromatic rings. The minimum Gasteiger partial charge on any atom is -0.455 e. The number of para-hydroxylation sites is 4. The molecule has 0 saturated heterocycles. The van der Waals surface area contributed by atoms with E-state index in [1.165, 1.54) is 93.9 Å². The molecule has 21 rings (SSSR count). The van der Waals surface area contributed by atoms with Crippen molar-refractivity contribution in [1.82, 2.24) is 0 Å². The molecule has 18 aromatic carbocycles. The molecule has 0 radical (unpaired) electrons. The summed E-state index contributed by atoms with van der Waals surface area (Å²) in [4.78, 5) is 4.68. The fourth-order valence-electron chi connectivity index (χ4n) is 16.8. The normalized spacial score (nSPS) is 12.1. The summed E-state index contributed by atoms with van der Waals surface area (Å²) in [7, 11) is 0. The van der Waals surface area contributed by atoms with Crippen molar-refractivity contribution >= 4 is 99.5 Å². The Labute approximate surface area is 645 Å². The molecule has 2 heterocycles. The van der Waals surface area contributed by atoms with Gasteiger partial charge in [0.25, 0.3) is 0 Å². The van der Waals surface area contributed by atoms with Gasteiger partial charge in [-0.15, -0.1) is 0 Å². The predicted molar refractivity (Wildman–Crippen MR) is 467 cm³/mol. The number of rotatable bonds is 13. The summed E-state index contributed by atoms with van der Waals surface area (Å²) >= 11 is 0. The van der Waals surface area contributed by atoms with E-state index < -0.39 is 0 Å². The fraction of sp³-hybridized carbons (Fsp3) is 0.0280. The highest BCUT2D eigenvalue weighted by atomic mass is 16.3. The molecule has 0 amide bonds. The zero-order valence-corrected chi connectivity index (χ0v) is 61.5. The highest BCUT2D eigenvalue weighted by molar-refractivity contribution is 6.13. The third-order valence-corrected chi connectivity index (χ3v) is 22.5. The summed E-state index contributed by atoms with van der Waals surface area (Å²) in [6, 6.07) is 148. The Bertz CT molecular complexity index is 6860. The van der Waals surface area contributed by atoms with E-state index in [0.717, 1.165) is 106 Å². The molecule has 0 atom stereocenters. The van der Waals surface area contributed by atoms with Crippen LogP contribution >= 0.6 is 0 Å². The van der Waals surface area contributed by atoms with E-state index in [1.54, 1.807) is 0 Å². The Balaban J connectivity index is 0.000000145. The van der Waals surface area contributed by atoms with E-state index in [2.05, 4.69) is 424 Å². The number of benzene rings is 18. The molecule has 1 aliphatic carbocycles. The largest absolute Gasteiger partial charge is 0.455 e. The molecule has 0 aliphatic heterocycles. The first-order valence-corrected chi connectivity index (χ1v) is 38.2. The van der Waals surface area contributed by atoms with Crippen LogP contribution in [0.1, 0.15) is 25.0 Å². The number of furan rings is 2. The van der Waals surface area contributed by atoms with Gasteiger partial charge < -0.3 is 18.6 Å². The van der Waals surface area contributed by atoms with E-state index >= 15 is 0 Å². The van der Waals surface area contributed by atoms with Crippen molar-refractivity contribution < 1.29 is 8.83 Å². The van der Waals surface area contributed by atoms with Crippen LogP contribution in [-0.2, 0) is 5.41 Å². The van der Waals surface area contributed by atoms with Crippen molar-refractivity contribution in [2.45, 2.75) is 19.3 Å². The van der Waals surface area contributed by atoms with Crippen molar-refractivity contribution in [3.63, 3.8) is 0 Å². The maximum absolute atomic E-state index is 6.54. The summed E-state index contributed by atoms with van der Waals surface area (Å²) in [6.45, 7) is 4.69. The number of hydrogen-bond acceptors (Lipinski definition) is 4. The first kappa shape index (κ1) is 66.1. The summed E-state index contributed by atoms with van der Waals surface area (Å²) in [5, 5.41) is 9.41. The van der Waals surface area contributed by atoms with Crippen LogP contribution in [0, 0.1) is 0 Å². The Morgan fingerprint density at radius 1 is 0.189 bits per heavy atom. The number of nitrogens with zero attached hydrogens (tertiary/aromatic N) is 2. The zero-order chi connectivity index (χ0) is 73.9. The molecular weight excluding hydrogens is 1350 g/mol. The van der Waals surface area contributed by atoms with Gasteiger partial charge in [-0.3, -0.25) is 0 Å². The molecule has 0 spiro atoms. The van der Waals surface area contributed by atoms with Gasteiger partial charge in [0, 0.05) is 72.2 Å². The lowest BCUT2D eigenvalue weighted by Gasteiger charge is -2.28. The topological polar surface area (TPSA) is 32.8 Å². The first-order valence-electron chi connectivity index (χ1n) is 38.2. The van der Waals surface area contributed by atoms with Gasteiger partial charge in [0.2, 0.25) is 0 Å². The molecule has 2 aromatic heterocycles. The van der Waals surface area contributed by atoms with Crippen LogP contribution in [0.3, 0.4) is 0 Å². The number of anilines is 6. The smallest absolute Gasteiger partial charge is 0.143 e. The van der Waals surface area contributed by atoms with Crippen molar-refractivity contribution in [3.05, 3.63) is 424 Å². The molecule has 0 N–H and O–H groups in total. The second-order valence-corrected chi connectivity index (χ2v) is 29.5. The van der Waals surface area contributed by atoms with Crippen molar-refractivity contribution in [2.24, 2.45) is 0 Å². The molecule has 111 heavy (non-hydrogen) atoms. The Morgan fingerprint density at radius 3 is 0.955 bits per heavy atom. The highest BCUT2D eigenvalue weighted by Gasteiger charge is 2.36. The van der Waals surface area contributed by atoms with E-state index in [9.17, 15) is 0 Å². The first-order chi connectivity index (χ1) is 54.7. The Morgan fingerprint density at radius 2 is 0.505 bits per heavy atom. The molecule has 4 heteroatoms. The second-order valence-electron chi connectivity index (χ2n) is 29.5. The van der Waals surface area contributed by atoms with Crippen molar-refractivity contribution in [2.75, 3.05) is 9.80 Å². The molecule has 0 fully saturated rings. The van der Waals surface area contributed by atoms with Crippen LogP contribution < -0.4 is 9.80 Å². The van der Waals surface area contributed by atoms with Crippen LogP contribution in [0.5, 0.6) is 0 Å². The van der Waals surface area contributed by atoms with Crippen LogP contribution in [-0.4, -0.2) is 0 Å². The van der Waals surface area contributed by atoms with E-state index in [1.807, 2.05) is 12.1 Å². The third-order valence-electron chi connectivity index (χ3n) is 22.5. The molecule has 4 nitrogen and oxygen atoms in total. The lowest BCUT2D eigenvalue weighted by Crippen LogP contribution is -2.16. The molecule has 1 aliphatic rings. The van der Waals surface area contributed by atoms with Crippen LogP contribution in [0.4, 0.5) is 34.1 Å². The minimum atomic E-state index is -0.0730. The highest BCUT2D eigenvalue weighted by Crippen LogP contribution is 2.52. The predicted octanol–water partition coefficient (Wildman–Crippen LogP) is 30.4. The lowest BCUT2D eigenvalue weighted by molar-refractivity contribution is 0.660. The van der Waals surface area contributed by atoms with Crippen LogP contribution in [0.15, 0.2) is 421 Å². The van der Waals surface area contributed by atoms with Crippen molar-refractivity contribution in [1.29, 1.82) is 0 Å². The van der Waals surface area contributed by atoms with Crippen LogP contribution in [0.2, 0.25) is 0 Å². The average molecular weight is 1420 g/mol. The van der Waals surface area contributed by atoms with Crippen LogP contribution in [0.25, 0.3) is 154 Å². The van der Waals surface area contributed by atoms with Gasteiger partial charge in [0.1, 0.15) is 22.3 Å². The van der Waals surface area contributed by atoms with E-state index in [4.69, 9.17) is 8.83 Å². The van der Waals surface area contributed by atoms with Gasteiger partial charge in [-0.2, -0.15) is 0 Å². The summed E-state index contributed by atoms with van der Waals surface area (Å²) in [6.07, 6.45) is 0. The molecule has 524 valence electrons. The maximum Gasteiger partial charge on any atom is 0.143 e. The number of hydrogen-bond donors (Lipinski definition) is 0. The van der Waals surface area contributed by atoms with Crippen molar-refractivity contribution in [3.8, 4) is 89.0 Å². The van der Waals surface area contributed by atoms with E-state index in [-0.39, 0.29) is 5.41 Å². The fourth-order valence-corrected chi connectivity index (χ4v) is 16.8.